The fourth-order valence-corrected chi connectivity index (χ4v) is 4.95. The van der Waals surface area contributed by atoms with Gasteiger partial charge in [-0.1, -0.05) is 6.92 Å². The molecule has 2 saturated carbocycles. The van der Waals surface area contributed by atoms with E-state index in [1.54, 1.807) is 0 Å². The first-order chi connectivity index (χ1) is 14.9. The predicted octanol–water partition coefficient (Wildman–Crippen LogP) is 4.84. The largest absolute Gasteiger partial charge is 0.408 e. The summed E-state index contributed by atoms with van der Waals surface area (Å²) in [7, 11) is 0. The lowest BCUT2D eigenvalue weighted by atomic mass is 9.52. The van der Waals surface area contributed by atoms with Crippen LogP contribution < -0.4 is 10.6 Å². The summed E-state index contributed by atoms with van der Waals surface area (Å²) in [6.07, 6.45) is -4.60. The molecule has 12 heteroatoms. The second-order valence-corrected chi connectivity index (χ2v) is 9.15. The summed E-state index contributed by atoms with van der Waals surface area (Å²) >= 11 is 0. The van der Waals surface area contributed by atoms with E-state index in [1.165, 1.54) is 6.92 Å². The maximum atomic E-state index is 14.5. The van der Waals surface area contributed by atoms with Crippen molar-refractivity contribution in [3.05, 3.63) is 11.7 Å². The molecule has 32 heavy (non-hydrogen) atoms. The molecule has 3 aliphatic rings. The molecule has 2 atom stereocenters. The zero-order valence-electron chi connectivity index (χ0n) is 17.4. The van der Waals surface area contributed by atoms with Gasteiger partial charge in [0.2, 0.25) is 17.8 Å². The van der Waals surface area contributed by atoms with E-state index in [4.69, 9.17) is 0 Å². The van der Waals surface area contributed by atoms with Crippen molar-refractivity contribution in [2.75, 3.05) is 10.6 Å². The SMILES string of the molecule is CC[C@@H](Nc1nc(NC2CC3(C2)CC(F)(F)C3)nc(C2=C(F)C(O)CCC2)n1)C(F)(F)F. The molecule has 0 bridgehead atoms. The first kappa shape index (κ1) is 23.1. The van der Waals surface area contributed by atoms with Gasteiger partial charge in [0.1, 0.15) is 18.0 Å². The quantitative estimate of drug-likeness (QED) is 0.522. The number of nitrogens with zero attached hydrogens (tertiary/aromatic N) is 3. The number of halogens is 6. The minimum absolute atomic E-state index is 0.0287. The molecule has 0 amide bonds. The van der Waals surface area contributed by atoms with Gasteiger partial charge in [-0.2, -0.15) is 28.1 Å². The summed E-state index contributed by atoms with van der Waals surface area (Å²) in [5.41, 5.74) is -0.384. The number of allylic oxidation sites excluding steroid dienone is 1. The van der Waals surface area contributed by atoms with Crippen molar-refractivity contribution in [1.82, 2.24) is 15.0 Å². The van der Waals surface area contributed by atoms with Crippen LogP contribution in [0.25, 0.3) is 5.57 Å². The highest BCUT2D eigenvalue weighted by Crippen LogP contribution is 2.62. The molecule has 1 aromatic rings. The standard InChI is InChI=1S/C20H25F6N5O/c1-2-13(20(24,25)26)28-17-30-15(11-4-3-5-12(32)14(11)21)29-16(31-17)27-10-6-18(7-10)8-19(22,23)9-18/h10,12-13,32H,2-9H2,1H3,(H2,27,28,29,30,31)/t12?,13-/m1/s1. The molecule has 3 N–H and O–H groups in total. The van der Waals surface area contributed by atoms with E-state index < -0.39 is 35.5 Å². The van der Waals surface area contributed by atoms with E-state index in [2.05, 4.69) is 25.6 Å². The molecule has 2 fully saturated rings. The Morgan fingerprint density at radius 3 is 2.38 bits per heavy atom. The zero-order chi connectivity index (χ0) is 23.3. The van der Waals surface area contributed by atoms with Crippen molar-refractivity contribution in [2.24, 2.45) is 5.41 Å². The summed E-state index contributed by atoms with van der Waals surface area (Å²) < 4.78 is 80.7. The van der Waals surface area contributed by atoms with Crippen LogP contribution in [0, 0.1) is 5.41 Å². The van der Waals surface area contributed by atoms with E-state index >= 15 is 0 Å². The van der Waals surface area contributed by atoms with Gasteiger partial charge in [0.05, 0.1) is 0 Å². The molecule has 0 aliphatic heterocycles. The Morgan fingerprint density at radius 1 is 1.12 bits per heavy atom. The van der Waals surface area contributed by atoms with Gasteiger partial charge in [0.25, 0.3) is 0 Å². The molecule has 1 aromatic heterocycles. The Morgan fingerprint density at radius 2 is 1.78 bits per heavy atom. The Kier molecular flexibility index (Phi) is 5.79. The Balaban J connectivity index is 1.57. The average Bonchev–Trinajstić information content (AvgIpc) is 2.64. The third kappa shape index (κ3) is 4.65. The van der Waals surface area contributed by atoms with Crippen LogP contribution in [-0.2, 0) is 0 Å². The number of hydrogen-bond donors (Lipinski definition) is 3. The van der Waals surface area contributed by atoms with Crippen molar-refractivity contribution in [3.63, 3.8) is 0 Å². The van der Waals surface area contributed by atoms with E-state index in [9.17, 15) is 31.4 Å². The molecule has 3 aliphatic carbocycles. The van der Waals surface area contributed by atoms with Crippen LogP contribution in [-0.4, -0.2) is 50.3 Å². The van der Waals surface area contributed by atoms with Crippen molar-refractivity contribution in [1.29, 1.82) is 0 Å². The highest BCUT2D eigenvalue weighted by Gasteiger charge is 2.61. The first-order valence-electron chi connectivity index (χ1n) is 10.7. The van der Waals surface area contributed by atoms with Crippen molar-refractivity contribution >= 4 is 17.5 Å². The highest BCUT2D eigenvalue weighted by molar-refractivity contribution is 5.65. The molecule has 1 heterocycles. The summed E-state index contributed by atoms with van der Waals surface area (Å²) in [6.45, 7) is 1.36. The number of aliphatic hydroxyl groups is 1. The summed E-state index contributed by atoms with van der Waals surface area (Å²) in [6, 6.07) is -2.12. The summed E-state index contributed by atoms with van der Waals surface area (Å²) in [4.78, 5) is 12.2. The maximum Gasteiger partial charge on any atom is 0.408 e. The number of nitrogens with one attached hydrogen (secondary N) is 2. The third-order valence-corrected chi connectivity index (χ3v) is 6.46. The molecule has 0 aromatic carbocycles. The number of anilines is 2. The van der Waals surface area contributed by atoms with Gasteiger partial charge in [-0.15, -0.1) is 0 Å². The third-order valence-electron chi connectivity index (χ3n) is 6.46. The second kappa shape index (κ2) is 8.03. The van der Waals surface area contributed by atoms with Gasteiger partial charge in [-0.25, -0.2) is 13.2 Å². The molecule has 0 saturated heterocycles. The molecule has 1 spiro atoms. The van der Waals surface area contributed by atoms with E-state index in [0.29, 0.717) is 19.3 Å². The van der Waals surface area contributed by atoms with E-state index in [-0.39, 0.29) is 61.4 Å². The van der Waals surface area contributed by atoms with Crippen molar-refractivity contribution in [3.8, 4) is 0 Å². The smallest absolute Gasteiger partial charge is 0.386 e. The van der Waals surface area contributed by atoms with Crippen LogP contribution in [0.4, 0.5) is 38.2 Å². The fraction of sp³-hybridized carbons (Fsp3) is 0.750. The first-order valence-corrected chi connectivity index (χ1v) is 10.7. The average molecular weight is 465 g/mol. The Hall–Kier alpha value is -2.11. The lowest BCUT2D eigenvalue weighted by Crippen LogP contribution is -2.57. The maximum absolute atomic E-state index is 14.5. The number of alkyl halides is 5. The summed E-state index contributed by atoms with van der Waals surface area (Å²) in [5, 5.41) is 15.0. The minimum Gasteiger partial charge on any atom is -0.386 e. The number of hydrogen-bond acceptors (Lipinski definition) is 6. The van der Waals surface area contributed by atoms with E-state index in [0.717, 1.165) is 0 Å². The van der Waals surface area contributed by atoms with Crippen LogP contribution >= 0.6 is 0 Å². The second-order valence-electron chi connectivity index (χ2n) is 9.15. The number of aromatic nitrogens is 3. The molecular formula is C20H25F6N5O. The predicted molar refractivity (Wildman–Crippen MR) is 105 cm³/mol. The molecular weight excluding hydrogens is 440 g/mol. The van der Waals surface area contributed by atoms with Gasteiger partial charge in [-0.3, -0.25) is 0 Å². The lowest BCUT2D eigenvalue weighted by molar-refractivity contribution is -0.193. The van der Waals surface area contributed by atoms with Crippen LogP contribution in [0.1, 0.15) is 64.1 Å². The Bertz CT molecular complexity index is 889. The number of rotatable bonds is 6. The van der Waals surface area contributed by atoms with Gasteiger partial charge < -0.3 is 15.7 Å². The minimum atomic E-state index is -4.55. The molecule has 178 valence electrons. The van der Waals surface area contributed by atoms with Gasteiger partial charge in [0.15, 0.2) is 5.82 Å². The van der Waals surface area contributed by atoms with Gasteiger partial charge in [-0.05, 0) is 43.9 Å². The normalized spacial score (nSPS) is 25.8. The molecule has 4 rings (SSSR count). The topological polar surface area (TPSA) is 83.0 Å². The van der Waals surface area contributed by atoms with Crippen LogP contribution in [0.15, 0.2) is 5.83 Å². The van der Waals surface area contributed by atoms with Crippen LogP contribution in [0.5, 0.6) is 0 Å². The van der Waals surface area contributed by atoms with Crippen molar-refractivity contribution < 1.29 is 31.4 Å². The van der Waals surface area contributed by atoms with E-state index in [1.807, 2.05) is 0 Å². The fourth-order valence-electron chi connectivity index (χ4n) is 4.95. The molecule has 0 radical (unpaired) electrons. The molecule has 1 unspecified atom stereocenters. The monoisotopic (exact) mass is 465 g/mol. The number of aliphatic hydroxyl groups excluding tert-OH is 1. The lowest BCUT2D eigenvalue weighted by Gasteiger charge is -2.57. The van der Waals surface area contributed by atoms with Gasteiger partial charge in [0, 0.05) is 24.5 Å². The van der Waals surface area contributed by atoms with Crippen molar-refractivity contribution in [2.45, 2.75) is 88.6 Å². The Labute approximate surface area is 180 Å². The van der Waals surface area contributed by atoms with Gasteiger partial charge >= 0.3 is 6.18 Å². The van der Waals surface area contributed by atoms with Crippen LogP contribution in [0.3, 0.4) is 0 Å². The summed E-state index contributed by atoms with van der Waals surface area (Å²) in [5.74, 6) is -4.02. The molecule has 6 nitrogen and oxygen atoms in total. The van der Waals surface area contributed by atoms with Crippen LogP contribution in [0.2, 0.25) is 0 Å². The zero-order valence-corrected chi connectivity index (χ0v) is 17.4. The highest BCUT2D eigenvalue weighted by atomic mass is 19.4.